The molecule has 2 aromatic heterocycles. The highest BCUT2D eigenvalue weighted by molar-refractivity contribution is 5.68. The number of methoxy groups -OCH3 is 2. The number of ether oxygens (including phenoxy) is 5. The lowest BCUT2D eigenvalue weighted by Gasteiger charge is -2.33. The largest absolute Gasteiger partial charge is 0.489 e. The highest BCUT2D eigenvalue weighted by Crippen LogP contribution is 2.21. The Kier molecular flexibility index (Phi) is 10.6. The molecule has 2 aliphatic rings. The van der Waals surface area contributed by atoms with Gasteiger partial charge in [0.15, 0.2) is 0 Å². The SMILES string of the molecule is COc1ccc(OC2CCN(C(=O)OC(C)(C)C)CC2)cn1.COc1ccc(OC2CCNCC2)cn1. The number of likely N-dealkylation sites (tertiary alicyclic amines) is 1. The first-order valence-corrected chi connectivity index (χ1v) is 12.8. The number of carbonyl (C=O) groups is 1. The zero-order chi connectivity index (χ0) is 26.7. The molecule has 1 amide bonds. The van der Waals surface area contributed by atoms with Crippen molar-refractivity contribution >= 4 is 6.09 Å². The minimum absolute atomic E-state index is 0.0916. The predicted molar refractivity (Wildman–Crippen MR) is 140 cm³/mol. The number of nitrogens with zero attached hydrogens (tertiary/aromatic N) is 3. The Labute approximate surface area is 219 Å². The molecule has 2 aliphatic heterocycles. The lowest BCUT2D eigenvalue weighted by molar-refractivity contribution is 0.0126. The summed E-state index contributed by atoms with van der Waals surface area (Å²) in [6, 6.07) is 7.32. The first-order valence-electron chi connectivity index (χ1n) is 12.8. The van der Waals surface area contributed by atoms with Crippen molar-refractivity contribution in [2.24, 2.45) is 0 Å². The quantitative estimate of drug-likeness (QED) is 0.608. The van der Waals surface area contributed by atoms with Crippen molar-refractivity contribution in [1.82, 2.24) is 20.2 Å². The third kappa shape index (κ3) is 9.95. The summed E-state index contributed by atoms with van der Waals surface area (Å²) in [6.07, 6.45) is 7.21. The predicted octanol–water partition coefficient (Wildman–Crippen LogP) is 4.09. The Morgan fingerprint density at radius 2 is 1.32 bits per heavy atom. The Morgan fingerprint density at radius 1 is 0.838 bits per heavy atom. The van der Waals surface area contributed by atoms with Gasteiger partial charge in [0.1, 0.15) is 29.3 Å². The molecule has 0 spiro atoms. The van der Waals surface area contributed by atoms with E-state index in [4.69, 9.17) is 23.7 Å². The molecular formula is C27H40N4O6. The summed E-state index contributed by atoms with van der Waals surface area (Å²) in [7, 11) is 3.19. The van der Waals surface area contributed by atoms with Crippen LogP contribution < -0.4 is 24.3 Å². The number of hydrogen-bond donors (Lipinski definition) is 1. The summed E-state index contributed by atoms with van der Waals surface area (Å²) in [5.74, 6) is 2.72. The third-order valence-electron chi connectivity index (χ3n) is 5.82. The Morgan fingerprint density at radius 3 is 1.73 bits per heavy atom. The average Bonchev–Trinajstić information content (AvgIpc) is 2.90. The van der Waals surface area contributed by atoms with Crippen LogP contribution in [-0.4, -0.2) is 79.2 Å². The maximum Gasteiger partial charge on any atom is 0.410 e. The van der Waals surface area contributed by atoms with Crippen LogP contribution in [0.15, 0.2) is 36.7 Å². The molecule has 4 heterocycles. The van der Waals surface area contributed by atoms with Gasteiger partial charge in [0.25, 0.3) is 0 Å². The number of carbonyl (C=O) groups excluding carboxylic acids is 1. The smallest absolute Gasteiger partial charge is 0.410 e. The van der Waals surface area contributed by atoms with Crippen LogP contribution in [0.3, 0.4) is 0 Å². The van der Waals surface area contributed by atoms with E-state index in [2.05, 4.69) is 15.3 Å². The number of hydrogen-bond acceptors (Lipinski definition) is 9. The number of aromatic nitrogens is 2. The summed E-state index contributed by atoms with van der Waals surface area (Å²) >= 11 is 0. The second kappa shape index (κ2) is 13.9. The van der Waals surface area contributed by atoms with Crippen LogP contribution in [0.1, 0.15) is 46.5 Å². The van der Waals surface area contributed by atoms with Gasteiger partial charge in [-0.2, -0.15) is 0 Å². The third-order valence-corrected chi connectivity index (χ3v) is 5.82. The van der Waals surface area contributed by atoms with Crippen LogP contribution in [0, 0.1) is 0 Å². The molecule has 0 bridgehead atoms. The normalized spacial score (nSPS) is 16.7. The van der Waals surface area contributed by atoms with Gasteiger partial charge in [-0.25, -0.2) is 14.8 Å². The standard InChI is InChI=1S/C16H24N2O4.C11H16N2O2/c1-16(2,3)22-15(19)18-9-7-12(8-10-18)21-13-5-6-14(20-4)17-11-13;1-14-11-3-2-10(8-13-11)15-9-4-6-12-7-5-9/h5-6,11-12H,7-10H2,1-4H3;2-3,8-9,12H,4-7H2,1H3. The molecule has 0 aliphatic carbocycles. The molecule has 0 atom stereocenters. The molecule has 2 saturated heterocycles. The van der Waals surface area contributed by atoms with Crippen molar-refractivity contribution in [3.05, 3.63) is 36.7 Å². The van der Waals surface area contributed by atoms with Gasteiger partial charge in [0.2, 0.25) is 11.8 Å². The van der Waals surface area contributed by atoms with Crippen molar-refractivity contribution in [3.8, 4) is 23.3 Å². The molecule has 0 saturated carbocycles. The van der Waals surface area contributed by atoms with E-state index in [0.717, 1.165) is 50.3 Å². The molecule has 0 aromatic carbocycles. The molecule has 0 unspecified atom stereocenters. The van der Waals surface area contributed by atoms with E-state index in [9.17, 15) is 4.79 Å². The fourth-order valence-electron chi connectivity index (χ4n) is 3.90. The van der Waals surface area contributed by atoms with Gasteiger partial charge in [-0.15, -0.1) is 0 Å². The maximum atomic E-state index is 12.0. The van der Waals surface area contributed by atoms with Gasteiger partial charge >= 0.3 is 6.09 Å². The van der Waals surface area contributed by atoms with Crippen LogP contribution in [0.5, 0.6) is 23.3 Å². The Bertz CT molecular complexity index is 935. The van der Waals surface area contributed by atoms with E-state index in [-0.39, 0.29) is 12.2 Å². The molecule has 37 heavy (non-hydrogen) atoms. The van der Waals surface area contributed by atoms with Gasteiger partial charge in [-0.1, -0.05) is 0 Å². The van der Waals surface area contributed by atoms with Crippen LogP contribution in [-0.2, 0) is 4.74 Å². The molecule has 10 nitrogen and oxygen atoms in total. The van der Waals surface area contributed by atoms with E-state index >= 15 is 0 Å². The Hall–Kier alpha value is -3.27. The van der Waals surface area contributed by atoms with E-state index in [1.54, 1.807) is 37.6 Å². The number of piperidine rings is 2. The van der Waals surface area contributed by atoms with Crippen LogP contribution >= 0.6 is 0 Å². The molecule has 2 aromatic rings. The number of rotatable bonds is 6. The minimum Gasteiger partial charge on any atom is -0.489 e. The zero-order valence-electron chi connectivity index (χ0n) is 22.6. The Balaban J connectivity index is 0.000000220. The van der Waals surface area contributed by atoms with Crippen molar-refractivity contribution in [3.63, 3.8) is 0 Å². The number of nitrogens with one attached hydrogen (secondary N) is 1. The van der Waals surface area contributed by atoms with Crippen LogP contribution in [0.25, 0.3) is 0 Å². The molecule has 2 fully saturated rings. The monoisotopic (exact) mass is 516 g/mol. The second-order valence-corrected chi connectivity index (χ2v) is 9.92. The lowest BCUT2D eigenvalue weighted by atomic mass is 10.1. The lowest BCUT2D eigenvalue weighted by Crippen LogP contribution is -2.44. The summed E-state index contributed by atoms with van der Waals surface area (Å²) in [6.45, 7) is 8.97. The van der Waals surface area contributed by atoms with E-state index in [1.165, 1.54) is 0 Å². The molecule has 0 radical (unpaired) electrons. The van der Waals surface area contributed by atoms with Gasteiger partial charge in [0, 0.05) is 38.1 Å². The average molecular weight is 517 g/mol. The molecular weight excluding hydrogens is 476 g/mol. The van der Waals surface area contributed by atoms with Gasteiger partial charge in [0.05, 0.1) is 26.6 Å². The van der Waals surface area contributed by atoms with E-state index < -0.39 is 5.60 Å². The summed E-state index contributed by atoms with van der Waals surface area (Å²) < 4.78 is 27.1. The number of pyridine rings is 2. The van der Waals surface area contributed by atoms with Gasteiger partial charge in [-0.05, 0) is 58.8 Å². The second-order valence-electron chi connectivity index (χ2n) is 9.92. The molecule has 204 valence electrons. The van der Waals surface area contributed by atoms with Gasteiger partial charge in [-0.3, -0.25) is 0 Å². The van der Waals surface area contributed by atoms with Crippen molar-refractivity contribution in [1.29, 1.82) is 0 Å². The molecule has 1 N–H and O–H groups in total. The molecule has 10 heteroatoms. The topological polar surface area (TPSA) is 104 Å². The fourth-order valence-corrected chi connectivity index (χ4v) is 3.90. The first kappa shape index (κ1) is 28.3. The first-order chi connectivity index (χ1) is 17.8. The molecule has 4 rings (SSSR count). The van der Waals surface area contributed by atoms with Crippen molar-refractivity contribution < 1.29 is 28.5 Å². The van der Waals surface area contributed by atoms with Crippen molar-refractivity contribution in [2.75, 3.05) is 40.4 Å². The highest BCUT2D eigenvalue weighted by atomic mass is 16.6. The van der Waals surface area contributed by atoms with Crippen LogP contribution in [0.4, 0.5) is 4.79 Å². The fraction of sp³-hybridized carbons (Fsp3) is 0.593. The van der Waals surface area contributed by atoms with E-state index in [0.29, 0.717) is 31.0 Å². The highest BCUT2D eigenvalue weighted by Gasteiger charge is 2.27. The maximum absolute atomic E-state index is 12.0. The number of amides is 1. The van der Waals surface area contributed by atoms with Gasteiger partial charge < -0.3 is 33.9 Å². The van der Waals surface area contributed by atoms with E-state index in [1.807, 2.05) is 39.0 Å². The summed E-state index contributed by atoms with van der Waals surface area (Å²) in [5.41, 5.74) is -0.459. The van der Waals surface area contributed by atoms with Crippen molar-refractivity contribution in [2.45, 2.75) is 64.3 Å². The zero-order valence-corrected chi connectivity index (χ0v) is 22.6. The summed E-state index contributed by atoms with van der Waals surface area (Å²) in [5, 5.41) is 3.30. The van der Waals surface area contributed by atoms with Crippen LogP contribution in [0.2, 0.25) is 0 Å². The minimum atomic E-state index is -0.459. The summed E-state index contributed by atoms with van der Waals surface area (Å²) in [4.78, 5) is 21.9.